The number of nitrogens with one attached hydrogen (secondary N) is 9. The Balaban J connectivity index is 3.97. The molecule has 0 aromatic heterocycles. The van der Waals surface area contributed by atoms with Crippen molar-refractivity contribution in [2.24, 2.45) is 17.2 Å². The molecule has 1 saturated heterocycles. The maximum atomic E-state index is 14.1. The number of halogens is 1. The molecule has 1 fully saturated rings. The van der Waals surface area contributed by atoms with Crippen LogP contribution in [0.5, 0.6) is 0 Å². The van der Waals surface area contributed by atoms with E-state index in [1.807, 2.05) is 10.6 Å². The van der Waals surface area contributed by atoms with Crippen LogP contribution in [0.25, 0.3) is 0 Å². The van der Waals surface area contributed by atoms with Crippen LogP contribution in [0.2, 0.25) is 0 Å². The summed E-state index contributed by atoms with van der Waals surface area (Å²) in [5, 5.41) is 93.1. The number of cyclic esters (lactones) is 1. The summed E-state index contributed by atoms with van der Waals surface area (Å²) < 4.78 is 5.26. The Morgan fingerprint density at radius 1 is 0.634 bits per heavy atom. The van der Waals surface area contributed by atoms with Gasteiger partial charge in [-0.25, -0.2) is 9.59 Å². The Labute approximate surface area is 480 Å². The van der Waals surface area contributed by atoms with Gasteiger partial charge in [-0.2, -0.15) is 0 Å². The fourth-order valence-corrected chi connectivity index (χ4v) is 8.25. The summed E-state index contributed by atoms with van der Waals surface area (Å²) >= 11 is 5.85. The van der Waals surface area contributed by atoms with Crippen LogP contribution in [0.1, 0.15) is 117 Å². The zero-order valence-corrected chi connectivity index (χ0v) is 47.3. The van der Waals surface area contributed by atoms with Crippen LogP contribution in [-0.4, -0.2) is 218 Å². The van der Waals surface area contributed by atoms with Crippen molar-refractivity contribution in [1.82, 2.24) is 47.9 Å². The number of ether oxygens (including phenoxy) is 1. The molecule has 0 saturated carbocycles. The van der Waals surface area contributed by atoms with E-state index < -0.39 is 182 Å². The quantitative estimate of drug-likeness (QED) is 0.0157. The van der Waals surface area contributed by atoms with Crippen molar-refractivity contribution in [2.75, 3.05) is 38.7 Å². The smallest absolute Gasteiger partial charge is 0.335 e. The van der Waals surface area contributed by atoms with E-state index in [-0.39, 0.29) is 51.7 Å². The van der Waals surface area contributed by atoms with Gasteiger partial charge in [0.2, 0.25) is 47.3 Å². The zero-order valence-electron chi connectivity index (χ0n) is 46.6. The van der Waals surface area contributed by atoms with Crippen molar-refractivity contribution in [3.8, 4) is 0 Å². The molecule has 0 aromatic rings. The van der Waals surface area contributed by atoms with Gasteiger partial charge in [-0.15, -0.1) is 11.6 Å². The highest BCUT2D eigenvalue weighted by atomic mass is 35.5. The normalized spacial score (nSPS) is 25.1. The topological polar surface area (TPSA) is 525 Å². The van der Waals surface area contributed by atoms with E-state index in [0.29, 0.717) is 6.42 Å². The van der Waals surface area contributed by atoms with E-state index in [9.17, 15) is 88.5 Å². The summed E-state index contributed by atoms with van der Waals surface area (Å²) in [5.74, 6) is -15.9. The van der Waals surface area contributed by atoms with Gasteiger partial charge in [-0.3, -0.25) is 43.2 Å². The molecule has 13 unspecified atom stereocenters. The number of carbonyl (C=O) groups is 11. The summed E-state index contributed by atoms with van der Waals surface area (Å²) in [6, 6.07) is -15.3. The van der Waals surface area contributed by atoms with Gasteiger partial charge >= 0.3 is 11.9 Å². The number of aliphatic hydroxyl groups excluding tert-OH is 6. The first-order chi connectivity index (χ1) is 38.8. The SMILES string of the molecule is C/C=C1\NC(=O)C(C(C)O)NC(=O)C(CCCN)NC(=O)C(CCO)NC(=O)C(CCN)NC(=O)C(CCN)NC(=O)C(NC(=O)CC(O)C(O)CCCCCCCCCC)COC(=O)C(C(O)CCl)NC(=O)C(C(O)C(=O)O)NC1=O. The van der Waals surface area contributed by atoms with E-state index in [1.54, 1.807) is 0 Å². The molecule has 468 valence electrons. The van der Waals surface area contributed by atoms with E-state index in [2.05, 4.69) is 44.1 Å². The van der Waals surface area contributed by atoms with Crippen LogP contribution in [0.15, 0.2) is 11.8 Å². The summed E-state index contributed by atoms with van der Waals surface area (Å²) in [7, 11) is 0. The lowest BCUT2D eigenvalue weighted by atomic mass is 10.0. The molecule has 0 aliphatic carbocycles. The first-order valence-corrected chi connectivity index (χ1v) is 27.9. The fraction of sp³-hybridized carbons (Fsp3) is 0.740. The number of allylic oxidation sites excluding steroid dienone is 1. The lowest BCUT2D eigenvalue weighted by Gasteiger charge is -2.29. The van der Waals surface area contributed by atoms with Gasteiger partial charge in [0.1, 0.15) is 54.6 Å². The van der Waals surface area contributed by atoms with Crippen molar-refractivity contribution < 1.29 is 93.2 Å². The van der Waals surface area contributed by atoms with Gasteiger partial charge in [0.15, 0.2) is 12.1 Å². The van der Waals surface area contributed by atoms with Crippen LogP contribution in [0, 0.1) is 0 Å². The monoisotopic (exact) mass is 1190 g/mol. The molecule has 9 amide bonds. The molecule has 13 atom stereocenters. The molecule has 1 aliphatic rings. The lowest BCUT2D eigenvalue weighted by Crippen LogP contribution is -2.62. The predicted molar refractivity (Wildman–Crippen MR) is 292 cm³/mol. The number of nitrogens with two attached hydrogens (primary N) is 3. The zero-order chi connectivity index (χ0) is 62.1. The summed E-state index contributed by atoms with van der Waals surface area (Å²) in [6.45, 7) is 1.80. The van der Waals surface area contributed by atoms with Crippen molar-refractivity contribution in [2.45, 2.75) is 196 Å². The lowest BCUT2D eigenvalue weighted by molar-refractivity contribution is -0.155. The second-order valence-electron chi connectivity index (χ2n) is 19.6. The first kappa shape index (κ1) is 73.9. The Morgan fingerprint density at radius 3 is 1.62 bits per heavy atom. The van der Waals surface area contributed by atoms with Gasteiger partial charge in [0.25, 0.3) is 5.91 Å². The standard InChI is InChI=1S/C50H87ClN12O19/c1-4-6-7-8-9-10-11-12-15-33(66)34(67)23-36(69)55-32-25-82-50(81)38(35(68)24-51)62-48(78)39(40(70)49(79)80)63-41(71)27(5-2)56-47(77)37(26(3)65)61-45(75)28(14-13-19-52)57-44(74)31(18-22-64)60-43(73)29(16-20-53)58-42(72)30(17-21-54)59-46(32)76/h5,26,28-35,37-40,64-68,70H,4,6-25,52-54H2,1-3H3,(H,55,69)(H,56,77)(H,57,74)(H,58,72)(H,59,76)(H,60,73)(H,61,75)(H,62,78)(H,63,71)(H,79,80)/b27-5-. The number of aliphatic carboxylic acids is 1. The molecule has 0 bridgehead atoms. The number of unbranched alkanes of at least 4 members (excludes halogenated alkanes) is 7. The number of esters is 1. The number of carbonyl (C=O) groups excluding carboxylic acids is 10. The van der Waals surface area contributed by atoms with E-state index in [1.165, 1.54) is 6.92 Å². The number of hydrogen-bond acceptors (Lipinski definition) is 21. The largest absolute Gasteiger partial charge is 0.479 e. The van der Waals surface area contributed by atoms with Gasteiger partial charge < -0.3 is 106 Å². The fourth-order valence-electron chi connectivity index (χ4n) is 8.07. The minimum absolute atomic E-state index is 0.0276. The average molecular weight is 1200 g/mol. The molecule has 1 aliphatic heterocycles. The number of alkyl halides is 1. The molecule has 1 heterocycles. The third kappa shape index (κ3) is 26.4. The maximum Gasteiger partial charge on any atom is 0.335 e. The third-order valence-electron chi connectivity index (χ3n) is 12.9. The summed E-state index contributed by atoms with van der Waals surface area (Å²) in [5.41, 5.74) is 16.5. The number of amides is 9. The minimum Gasteiger partial charge on any atom is -0.479 e. The number of carboxylic acids is 1. The van der Waals surface area contributed by atoms with E-state index in [0.717, 1.165) is 57.9 Å². The van der Waals surface area contributed by atoms with Crippen molar-refractivity contribution in [1.29, 1.82) is 0 Å². The molecular weight excluding hydrogens is 1110 g/mol. The highest BCUT2D eigenvalue weighted by Crippen LogP contribution is 2.14. The number of hydrogen-bond donors (Lipinski definition) is 19. The Hall–Kier alpha value is -6.16. The van der Waals surface area contributed by atoms with Crippen LogP contribution in [-0.2, 0) is 57.5 Å². The first-order valence-electron chi connectivity index (χ1n) is 27.3. The van der Waals surface area contributed by atoms with Crippen molar-refractivity contribution >= 4 is 76.7 Å². The summed E-state index contributed by atoms with van der Waals surface area (Å²) in [4.78, 5) is 150. The highest BCUT2D eigenvalue weighted by molar-refractivity contribution is 6.18. The molecular formula is C50H87ClN12O19. The molecule has 0 aromatic carbocycles. The third-order valence-corrected chi connectivity index (χ3v) is 13.2. The maximum absolute atomic E-state index is 14.1. The van der Waals surface area contributed by atoms with Crippen LogP contribution in [0.4, 0.5) is 0 Å². The van der Waals surface area contributed by atoms with Crippen LogP contribution in [0.3, 0.4) is 0 Å². The van der Waals surface area contributed by atoms with Gasteiger partial charge in [0.05, 0.1) is 36.7 Å². The van der Waals surface area contributed by atoms with Gasteiger partial charge in [-0.1, -0.05) is 64.4 Å². The van der Waals surface area contributed by atoms with Gasteiger partial charge in [-0.05, 0) is 72.0 Å². The van der Waals surface area contributed by atoms with Crippen molar-refractivity contribution in [3.63, 3.8) is 0 Å². The van der Waals surface area contributed by atoms with Gasteiger partial charge in [0, 0.05) is 6.61 Å². The van der Waals surface area contributed by atoms with Crippen molar-refractivity contribution in [3.05, 3.63) is 11.8 Å². The molecule has 22 N–H and O–H groups in total. The predicted octanol–water partition coefficient (Wildman–Crippen LogP) is -6.67. The van der Waals surface area contributed by atoms with Crippen LogP contribution >= 0.6 is 11.6 Å². The highest BCUT2D eigenvalue weighted by Gasteiger charge is 2.41. The van der Waals surface area contributed by atoms with Crippen LogP contribution < -0.4 is 65.1 Å². The second-order valence-corrected chi connectivity index (χ2v) is 19.9. The van der Waals surface area contributed by atoms with E-state index in [4.69, 9.17) is 33.5 Å². The Bertz CT molecular complexity index is 2130. The number of rotatable bonds is 27. The number of carboxylic acid groups (broad SMARTS) is 1. The summed E-state index contributed by atoms with van der Waals surface area (Å²) in [6.07, 6.45) is -3.41. The molecule has 0 radical (unpaired) electrons. The minimum atomic E-state index is -2.83. The van der Waals surface area contributed by atoms with E-state index >= 15 is 0 Å². The number of aliphatic hydroxyl groups is 6. The molecule has 32 heteroatoms. The Morgan fingerprint density at radius 2 is 1.13 bits per heavy atom. The Kier molecular flexibility index (Phi) is 36.1. The average Bonchev–Trinajstić information content (AvgIpc) is 3.44. The molecule has 0 spiro atoms. The second kappa shape index (κ2) is 40.1. The molecule has 82 heavy (non-hydrogen) atoms. The molecule has 1 rings (SSSR count). The molecule has 31 nitrogen and oxygen atoms in total.